The fraction of sp³-hybridized carbons (Fsp3) is 1.00. The molecule has 0 aromatic heterocycles. The Morgan fingerprint density at radius 3 is 2.07 bits per heavy atom. The highest BCUT2D eigenvalue weighted by atomic mass is 19.1. The Bertz CT molecular complexity index is 201. The zero-order valence-corrected chi connectivity index (χ0v) is 10.1. The Hall–Kier alpha value is -0.110. The van der Waals surface area contributed by atoms with Gasteiger partial charge in [-0.1, -0.05) is 13.8 Å². The first-order valence-electron chi connectivity index (χ1n) is 6.50. The highest BCUT2D eigenvalue weighted by Gasteiger charge is 2.42. The average molecular weight is 213 g/mol. The second kappa shape index (κ2) is 4.40. The third kappa shape index (κ3) is 2.52. The first kappa shape index (κ1) is 11.4. The maximum Gasteiger partial charge on any atom is 0.116 e. The fourth-order valence-electron chi connectivity index (χ4n) is 3.62. The molecule has 88 valence electrons. The van der Waals surface area contributed by atoms with Gasteiger partial charge in [0.2, 0.25) is 0 Å². The van der Waals surface area contributed by atoms with Crippen molar-refractivity contribution in [1.29, 1.82) is 0 Å². The minimum absolute atomic E-state index is 0.332. The van der Waals surface area contributed by atoms with Crippen LogP contribution in [-0.4, -0.2) is 18.8 Å². The van der Waals surface area contributed by atoms with Gasteiger partial charge in [-0.05, 0) is 62.9 Å². The first-order valence-corrected chi connectivity index (χ1v) is 6.50. The van der Waals surface area contributed by atoms with E-state index in [1.807, 2.05) is 0 Å². The Labute approximate surface area is 92.8 Å². The minimum Gasteiger partial charge on any atom is -0.316 e. The van der Waals surface area contributed by atoms with E-state index < -0.39 is 5.67 Å². The molecule has 1 nitrogen and oxygen atoms in total. The average Bonchev–Trinajstić information content (AvgIpc) is 2.17. The molecular weight excluding hydrogens is 189 g/mol. The molecule has 2 aliphatic rings. The Balaban J connectivity index is 2.01. The number of piperidine rings is 1. The van der Waals surface area contributed by atoms with E-state index >= 15 is 0 Å². The topological polar surface area (TPSA) is 12.0 Å². The van der Waals surface area contributed by atoms with Gasteiger partial charge < -0.3 is 5.32 Å². The van der Waals surface area contributed by atoms with Crippen molar-refractivity contribution in [3.8, 4) is 0 Å². The van der Waals surface area contributed by atoms with Crippen LogP contribution in [0.2, 0.25) is 0 Å². The molecule has 2 unspecified atom stereocenters. The summed E-state index contributed by atoms with van der Waals surface area (Å²) in [4.78, 5) is 0. The van der Waals surface area contributed by atoms with Gasteiger partial charge in [0.25, 0.3) is 0 Å². The molecule has 0 bridgehead atoms. The van der Waals surface area contributed by atoms with Crippen LogP contribution in [-0.2, 0) is 0 Å². The van der Waals surface area contributed by atoms with Crippen LogP contribution in [0.25, 0.3) is 0 Å². The summed E-state index contributed by atoms with van der Waals surface area (Å²) in [5.74, 6) is 1.78. The van der Waals surface area contributed by atoms with Crippen molar-refractivity contribution in [3.05, 3.63) is 0 Å². The van der Waals surface area contributed by atoms with Crippen LogP contribution in [0.4, 0.5) is 4.39 Å². The van der Waals surface area contributed by atoms with E-state index in [-0.39, 0.29) is 0 Å². The highest BCUT2D eigenvalue weighted by molar-refractivity contribution is 4.94. The van der Waals surface area contributed by atoms with Crippen molar-refractivity contribution in [1.82, 2.24) is 5.32 Å². The molecule has 2 fully saturated rings. The van der Waals surface area contributed by atoms with Crippen molar-refractivity contribution in [3.63, 3.8) is 0 Å². The predicted octanol–water partition coefficient (Wildman–Crippen LogP) is 3.15. The van der Waals surface area contributed by atoms with E-state index in [1.54, 1.807) is 0 Å². The Kier molecular flexibility index (Phi) is 3.34. The molecule has 1 N–H and O–H groups in total. The highest BCUT2D eigenvalue weighted by Crippen LogP contribution is 2.44. The van der Waals surface area contributed by atoms with Crippen LogP contribution >= 0.6 is 0 Å². The lowest BCUT2D eigenvalue weighted by Gasteiger charge is -2.42. The quantitative estimate of drug-likeness (QED) is 0.705. The van der Waals surface area contributed by atoms with Crippen molar-refractivity contribution in [2.75, 3.05) is 13.1 Å². The van der Waals surface area contributed by atoms with Gasteiger partial charge in [-0.2, -0.15) is 0 Å². The van der Waals surface area contributed by atoms with Crippen LogP contribution in [0.1, 0.15) is 46.0 Å². The summed E-state index contributed by atoms with van der Waals surface area (Å²) in [7, 11) is 0. The molecule has 1 heterocycles. The molecule has 0 aromatic carbocycles. The maximum absolute atomic E-state index is 14.8. The molecule has 2 atom stereocenters. The number of rotatable bonds is 1. The standard InChI is InChI=1S/C13H24FN/c1-10-7-11(2)9-12(8-10)13(14)3-5-15-6-4-13/h10-12,15H,3-9H2,1-2H3. The van der Waals surface area contributed by atoms with Crippen molar-refractivity contribution in [2.45, 2.75) is 51.6 Å². The summed E-state index contributed by atoms with van der Waals surface area (Å²) in [5.41, 5.74) is -0.853. The number of alkyl halides is 1. The SMILES string of the molecule is CC1CC(C)CC(C2(F)CCNCC2)C1. The van der Waals surface area contributed by atoms with Crippen LogP contribution in [0.15, 0.2) is 0 Å². The van der Waals surface area contributed by atoms with Gasteiger partial charge in [0.1, 0.15) is 5.67 Å². The van der Waals surface area contributed by atoms with Crippen molar-refractivity contribution in [2.24, 2.45) is 17.8 Å². The van der Waals surface area contributed by atoms with Crippen molar-refractivity contribution >= 4 is 0 Å². The van der Waals surface area contributed by atoms with Gasteiger partial charge in [0, 0.05) is 0 Å². The number of hydrogen-bond donors (Lipinski definition) is 1. The van der Waals surface area contributed by atoms with Gasteiger partial charge >= 0.3 is 0 Å². The predicted molar refractivity (Wildman–Crippen MR) is 61.6 cm³/mol. The lowest BCUT2D eigenvalue weighted by molar-refractivity contribution is 0.00325. The van der Waals surface area contributed by atoms with Gasteiger partial charge in [-0.25, -0.2) is 4.39 Å². The van der Waals surface area contributed by atoms with Crippen LogP contribution in [0, 0.1) is 17.8 Å². The van der Waals surface area contributed by atoms with E-state index in [0.29, 0.717) is 5.92 Å². The Morgan fingerprint density at radius 2 is 1.53 bits per heavy atom. The third-order valence-electron chi connectivity index (χ3n) is 4.34. The third-order valence-corrected chi connectivity index (χ3v) is 4.34. The van der Waals surface area contributed by atoms with Gasteiger partial charge in [-0.3, -0.25) is 0 Å². The zero-order chi connectivity index (χ0) is 10.9. The van der Waals surface area contributed by atoms with Gasteiger partial charge in [0.15, 0.2) is 0 Å². The molecule has 0 aromatic rings. The van der Waals surface area contributed by atoms with E-state index in [1.165, 1.54) is 6.42 Å². The van der Waals surface area contributed by atoms with Crippen LogP contribution in [0.5, 0.6) is 0 Å². The maximum atomic E-state index is 14.8. The lowest BCUT2D eigenvalue weighted by Crippen LogP contribution is -2.46. The minimum atomic E-state index is -0.853. The normalized spacial score (nSPS) is 41.4. The van der Waals surface area contributed by atoms with Crippen molar-refractivity contribution < 1.29 is 4.39 Å². The zero-order valence-electron chi connectivity index (χ0n) is 10.1. The largest absolute Gasteiger partial charge is 0.316 e. The monoisotopic (exact) mass is 213 g/mol. The summed E-state index contributed by atoms with van der Waals surface area (Å²) in [6.45, 7) is 6.31. The molecule has 0 spiro atoms. The number of nitrogens with one attached hydrogen (secondary N) is 1. The van der Waals surface area contributed by atoms with E-state index in [0.717, 1.165) is 50.6 Å². The van der Waals surface area contributed by atoms with E-state index in [4.69, 9.17) is 0 Å². The molecule has 1 aliphatic heterocycles. The van der Waals surface area contributed by atoms with Gasteiger partial charge in [0.05, 0.1) is 0 Å². The molecule has 2 heteroatoms. The smallest absolute Gasteiger partial charge is 0.116 e. The molecule has 15 heavy (non-hydrogen) atoms. The number of halogens is 1. The Morgan fingerprint density at radius 1 is 1.00 bits per heavy atom. The molecule has 1 saturated heterocycles. The summed E-state index contributed by atoms with van der Waals surface area (Å²) in [6.07, 6.45) is 4.99. The van der Waals surface area contributed by atoms with E-state index in [2.05, 4.69) is 19.2 Å². The summed E-state index contributed by atoms with van der Waals surface area (Å²) >= 11 is 0. The number of hydrogen-bond acceptors (Lipinski definition) is 1. The van der Waals surface area contributed by atoms with Crippen LogP contribution in [0.3, 0.4) is 0 Å². The first-order chi connectivity index (χ1) is 7.10. The molecule has 1 saturated carbocycles. The molecule has 1 aliphatic carbocycles. The van der Waals surface area contributed by atoms with Crippen LogP contribution < -0.4 is 5.32 Å². The molecular formula is C13H24FN. The second-order valence-electron chi connectivity index (χ2n) is 5.90. The molecule has 0 radical (unpaired) electrons. The molecule has 0 amide bonds. The lowest BCUT2D eigenvalue weighted by atomic mass is 9.68. The summed E-state index contributed by atoms with van der Waals surface area (Å²) in [5, 5.41) is 3.26. The summed E-state index contributed by atoms with van der Waals surface area (Å²) < 4.78 is 14.8. The fourth-order valence-corrected chi connectivity index (χ4v) is 3.62. The van der Waals surface area contributed by atoms with Gasteiger partial charge in [-0.15, -0.1) is 0 Å². The second-order valence-corrected chi connectivity index (χ2v) is 5.90. The summed E-state index contributed by atoms with van der Waals surface area (Å²) in [6, 6.07) is 0. The van der Waals surface area contributed by atoms with E-state index in [9.17, 15) is 4.39 Å². The molecule has 2 rings (SSSR count).